The van der Waals surface area contributed by atoms with Crippen LogP contribution in [0.25, 0.3) is 6.08 Å². The number of methoxy groups -OCH3 is 1. The number of piperidine rings is 1. The summed E-state index contributed by atoms with van der Waals surface area (Å²) in [6, 6.07) is 5.61. The van der Waals surface area contributed by atoms with E-state index < -0.39 is 0 Å². The average molecular weight is 346 g/mol. The first-order valence-electron chi connectivity index (χ1n) is 8.48. The van der Waals surface area contributed by atoms with Gasteiger partial charge in [-0.25, -0.2) is 0 Å². The van der Waals surface area contributed by atoms with Crippen molar-refractivity contribution in [1.82, 2.24) is 4.90 Å². The van der Waals surface area contributed by atoms with Crippen LogP contribution in [0.2, 0.25) is 0 Å². The Bertz CT molecular complexity index is 657. The summed E-state index contributed by atoms with van der Waals surface area (Å²) in [6.45, 7) is 4.17. The molecule has 1 heterocycles. The summed E-state index contributed by atoms with van der Waals surface area (Å²) in [5.41, 5.74) is 6.38. The summed E-state index contributed by atoms with van der Waals surface area (Å²) in [4.78, 5) is 25.6. The number of benzene rings is 1. The van der Waals surface area contributed by atoms with Gasteiger partial charge in [0.15, 0.2) is 18.1 Å². The van der Waals surface area contributed by atoms with Crippen molar-refractivity contribution in [1.29, 1.82) is 0 Å². The van der Waals surface area contributed by atoms with Crippen LogP contribution in [0.5, 0.6) is 11.5 Å². The number of hydrogen-bond acceptors (Lipinski definition) is 4. The van der Waals surface area contributed by atoms with Crippen LogP contribution in [0.4, 0.5) is 0 Å². The highest BCUT2D eigenvalue weighted by atomic mass is 16.5. The molecule has 0 unspecified atom stereocenters. The molecule has 2 amide bonds. The van der Waals surface area contributed by atoms with Gasteiger partial charge in [0.2, 0.25) is 5.91 Å². The molecule has 2 N–H and O–H groups in total. The van der Waals surface area contributed by atoms with Gasteiger partial charge in [0.05, 0.1) is 13.0 Å². The quantitative estimate of drug-likeness (QED) is 0.856. The van der Waals surface area contributed by atoms with Crippen molar-refractivity contribution >= 4 is 17.9 Å². The summed E-state index contributed by atoms with van der Waals surface area (Å²) in [6.07, 6.45) is 5.38. The van der Waals surface area contributed by atoms with Crippen LogP contribution in [0.3, 0.4) is 0 Å². The Hall–Kier alpha value is -2.50. The Kier molecular flexibility index (Phi) is 6.44. The summed E-state index contributed by atoms with van der Waals surface area (Å²) < 4.78 is 11.0. The van der Waals surface area contributed by atoms with Crippen LogP contribution in [-0.2, 0) is 9.59 Å². The Labute approximate surface area is 148 Å². The van der Waals surface area contributed by atoms with Gasteiger partial charge in [-0.15, -0.1) is 0 Å². The monoisotopic (exact) mass is 346 g/mol. The first-order valence-corrected chi connectivity index (χ1v) is 8.48. The fraction of sp³-hybridized carbons (Fsp3) is 0.474. The largest absolute Gasteiger partial charge is 0.493 e. The number of likely N-dealkylation sites (tertiary alicyclic amines) is 1. The van der Waals surface area contributed by atoms with Gasteiger partial charge in [-0.1, -0.05) is 18.2 Å². The second-order valence-corrected chi connectivity index (χ2v) is 6.27. The maximum atomic E-state index is 12.5. The Morgan fingerprint density at radius 1 is 1.32 bits per heavy atom. The van der Waals surface area contributed by atoms with Gasteiger partial charge in [0.1, 0.15) is 0 Å². The van der Waals surface area contributed by atoms with Gasteiger partial charge in [-0.2, -0.15) is 0 Å². The fourth-order valence-electron chi connectivity index (χ4n) is 3.01. The molecule has 0 aliphatic carbocycles. The average Bonchev–Trinajstić information content (AvgIpc) is 2.60. The summed E-state index contributed by atoms with van der Waals surface area (Å²) in [7, 11) is 1.56. The number of ether oxygens (including phenoxy) is 2. The molecule has 1 aromatic rings. The molecule has 0 spiro atoms. The topological polar surface area (TPSA) is 81.9 Å². The molecule has 1 saturated heterocycles. The molecule has 0 bridgehead atoms. The second-order valence-electron chi connectivity index (χ2n) is 6.27. The zero-order chi connectivity index (χ0) is 18.4. The SMILES string of the molecule is C/C=C\c1ccc(OCC(=O)N2C[C@H](C(N)=O)CC[C@H]2C)c(OC)c1. The first kappa shape index (κ1) is 18.8. The zero-order valence-corrected chi connectivity index (χ0v) is 15.0. The fourth-order valence-corrected chi connectivity index (χ4v) is 3.01. The Morgan fingerprint density at radius 3 is 2.72 bits per heavy atom. The molecule has 1 fully saturated rings. The molecule has 6 heteroatoms. The van der Waals surface area contributed by atoms with E-state index in [0.29, 0.717) is 18.0 Å². The molecule has 2 atom stereocenters. The lowest BCUT2D eigenvalue weighted by Crippen LogP contribution is -2.50. The molecule has 0 radical (unpaired) electrons. The van der Waals surface area contributed by atoms with E-state index >= 15 is 0 Å². The van der Waals surface area contributed by atoms with E-state index in [1.54, 1.807) is 18.1 Å². The third kappa shape index (κ3) is 4.75. The van der Waals surface area contributed by atoms with E-state index in [9.17, 15) is 9.59 Å². The van der Waals surface area contributed by atoms with Crippen LogP contribution in [0.1, 0.15) is 32.3 Å². The van der Waals surface area contributed by atoms with E-state index in [2.05, 4.69) is 0 Å². The van der Waals surface area contributed by atoms with Crippen molar-refractivity contribution in [2.75, 3.05) is 20.3 Å². The number of primary amides is 1. The van der Waals surface area contributed by atoms with Crippen LogP contribution in [0.15, 0.2) is 24.3 Å². The minimum absolute atomic E-state index is 0.0747. The molecule has 0 aromatic heterocycles. The standard InChI is InChI=1S/C19H26N2O4/c1-4-5-14-7-9-16(17(10-14)24-3)25-12-18(22)21-11-15(19(20)23)8-6-13(21)2/h4-5,7,9-10,13,15H,6,8,11-12H2,1-3H3,(H2,20,23)/b5-4-/t13-,15-/m1/s1. The number of carbonyl (C=O) groups is 2. The molecule has 2 rings (SSSR count). The molecule has 1 aliphatic heterocycles. The number of carbonyl (C=O) groups excluding carboxylic acids is 2. The number of allylic oxidation sites excluding steroid dienone is 1. The normalized spacial score (nSPS) is 20.5. The maximum Gasteiger partial charge on any atom is 0.260 e. The van der Waals surface area contributed by atoms with Crippen molar-refractivity contribution in [2.45, 2.75) is 32.7 Å². The zero-order valence-electron chi connectivity index (χ0n) is 15.0. The van der Waals surface area contributed by atoms with Crippen LogP contribution < -0.4 is 15.2 Å². The van der Waals surface area contributed by atoms with Crippen molar-refractivity contribution in [2.24, 2.45) is 11.7 Å². The molecule has 136 valence electrons. The Balaban J connectivity index is 2.02. The van der Waals surface area contributed by atoms with Gasteiger partial charge < -0.3 is 20.1 Å². The molecule has 25 heavy (non-hydrogen) atoms. The van der Waals surface area contributed by atoms with Gasteiger partial charge in [0, 0.05) is 12.6 Å². The van der Waals surface area contributed by atoms with Crippen LogP contribution in [-0.4, -0.2) is 43.0 Å². The van der Waals surface area contributed by atoms with Crippen molar-refractivity contribution in [3.63, 3.8) is 0 Å². The highest BCUT2D eigenvalue weighted by Gasteiger charge is 2.31. The van der Waals surface area contributed by atoms with Gasteiger partial charge in [0.25, 0.3) is 5.91 Å². The molecule has 1 aliphatic rings. The number of rotatable bonds is 6. The lowest BCUT2D eigenvalue weighted by Gasteiger charge is -2.36. The smallest absolute Gasteiger partial charge is 0.260 e. The maximum absolute atomic E-state index is 12.5. The highest BCUT2D eigenvalue weighted by Crippen LogP contribution is 2.29. The van der Waals surface area contributed by atoms with Crippen LogP contribution >= 0.6 is 0 Å². The van der Waals surface area contributed by atoms with Gasteiger partial charge >= 0.3 is 0 Å². The van der Waals surface area contributed by atoms with Crippen molar-refractivity contribution in [3.8, 4) is 11.5 Å². The lowest BCUT2D eigenvalue weighted by atomic mass is 9.93. The van der Waals surface area contributed by atoms with Gasteiger partial charge in [-0.05, 0) is 44.4 Å². The number of hydrogen-bond donors (Lipinski definition) is 1. The Morgan fingerprint density at radius 2 is 2.08 bits per heavy atom. The molecular formula is C19H26N2O4. The molecule has 1 aromatic carbocycles. The number of nitrogens with two attached hydrogens (primary N) is 1. The predicted molar refractivity (Wildman–Crippen MR) is 96.3 cm³/mol. The second kappa shape index (κ2) is 8.55. The lowest BCUT2D eigenvalue weighted by molar-refractivity contribution is -0.139. The van der Waals surface area contributed by atoms with Crippen molar-refractivity contribution < 1.29 is 19.1 Å². The number of amides is 2. The summed E-state index contributed by atoms with van der Waals surface area (Å²) in [5, 5.41) is 0. The highest BCUT2D eigenvalue weighted by molar-refractivity contribution is 5.81. The molecule has 0 saturated carbocycles. The summed E-state index contributed by atoms with van der Waals surface area (Å²) in [5.74, 6) is 0.296. The minimum Gasteiger partial charge on any atom is -0.493 e. The van der Waals surface area contributed by atoms with E-state index in [-0.39, 0.29) is 30.4 Å². The van der Waals surface area contributed by atoms with E-state index in [4.69, 9.17) is 15.2 Å². The third-order valence-corrected chi connectivity index (χ3v) is 4.50. The molecule has 6 nitrogen and oxygen atoms in total. The first-order chi connectivity index (χ1) is 12.0. The summed E-state index contributed by atoms with van der Waals surface area (Å²) >= 11 is 0. The van der Waals surface area contributed by atoms with E-state index in [1.807, 2.05) is 38.1 Å². The minimum atomic E-state index is -0.355. The molecular weight excluding hydrogens is 320 g/mol. The van der Waals surface area contributed by atoms with Crippen LogP contribution in [0, 0.1) is 5.92 Å². The third-order valence-electron chi connectivity index (χ3n) is 4.50. The predicted octanol–water partition coefficient (Wildman–Crippen LogP) is 2.22. The van der Waals surface area contributed by atoms with E-state index in [1.165, 1.54) is 0 Å². The van der Waals surface area contributed by atoms with Gasteiger partial charge in [-0.3, -0.25) is 9.59 Å². The van der Waals surface area contributed by atoms with E-state index in [0.717, 1.165) is 18.4 Å². The number of nitrogens with zero attached hydrogens (tertiary/aromatic N) is 1. The van der Waals surface area contributed by atoms with Crippen molar-refractivity contribution in [3.05, 3.63) is 29.8 Å².